The van der Waals surface area contributed by atoms with E-state index in [2.05, 4.69) is 58.6 Å². The summed E-state index contributed by atoms with van der Waals surface area (Å²) < 4.78 is 0. The quantitative estimate of drug-likeness (QED) is 0.473. The molecule has 7 nitrogen and oxygen atoms in total. The Labute approximate surface area is 205 Å². The van der Waals surface area contributed by atoms with Crippen LogP contribution >= 0.6 is 11.8 Å². The van der Waals surface area contributed by atoms with E-state index in [-0.39, 0.29) is 23.7 Å². The number of nitrogens with zero attached hydrogens (tertiary/aromatic N) is 3. The number of thioether (sulfide) groups is 1. The largest absolute Gasteiger partial charge is 0.372 e. The lowest BCUT2D eigenvalue weighted by molar-refractivity contribution is -0.122. The molecule has 0 aromatic heterocycles. The van der Waals surface area contributed by atoms with Gasteiger partial charge in [0.05, 0.1) is 6.21 Å². The molecular formula is C26H31N5O2S. The van der Waals surface area contributed by atoms with Crippen molar-refractivity contribution >= 4 is 46.3 Å². The lowest BCUT2D eigenvalue weighted by atomic mass is 9.87. The number of amidine groups is 1. The maximum absolute atomic E-state index is 12.5. The fourth-order valence-corrected chi connectivity index (χ4v) is 4.84. The second kappa shape index (κ2) is 10.4. The van der Waals surface area contributed by atoms with Gasteiger partial charge in [-0.05, 0) is 53.6 Å². The molecule has 0 aliphatic carbocycles. The number of carbonyl (C=O) groups is 2. The molecule has 2 aromatic carbocycles. The Kier molecular flexibility index (Phi) is 7.36. The summed E-state index contributed by atoms with van der Waals surface area (Å²) in [5.41, 5.74) is 4.18. The van der Waals surface area contributed by atoms with E-state index >= 15 is 0 Å². The molecule has 0 bridgehead atoms. The van der Waals surface area contributed by atoms with Crippen molar-refractivity contribution in [1.82, 2.24) is 5.32 Å². The molecule has 2 heterocycles. The van der Waals surface area contributed by atoms with Crippen molar-refractivity contribution in [1.29, 1.82) is 0 Å². The number of benzene rings is 2. The normalized spacial score (nSPS) is 19.7. The minimum absolute atomic E-state index is 0.0708. The number of nitrogens with one attached hydrogen (secondary N) is 2. The number of hydrogen-bond acceptors (Lipinski definition) is 6. The molecule has 0 saturated carbocycles. The van der Waals surface area contributed by atoms with Gasteiger partial charge in [0, 0.05) is 30.9 Å². The molecule has 2 aliphatic rings. The van der Waals surface area contributed by atoms with Gasteiger partial charge in [0.25, 0.3) is 0 Å². The molecule has 178 valence electrons. The van der Waals surface area contributed by atoms with Gasteiger partial charge in [0.1, 0.15) is 5.25 Å². The second-order valence-electron chi connectivity index (χ2n) is 9.61. The summed E-state index contributed by atoms with van der Waals surface area (Å²) in [4.78, 5) is 27.1. The van der Waals surface area contributed by atoms with Crippen LogP contribution < -0.4 is 15.5 Å². The van der Waals surface area contributed by atoms with Gasteiger partial charge < -0.3 is 15.5 Å². The van der Waals surface area contributed by atoms with E-state index in [4.69, 9.17) is 0 Å². The molecule has 2 aliphatic heterocycles. The molecule has 8 heteroatoms. The lowest BCUT2D eigenvalue weighted by Gasteiger charge is -2.18. The Morgan fingerprint density at radius 2 is 1.79 bits per heavy atom. The van der Waals surface area contributed by atoms with Crippen LogP contribution in [-0.4, -0.2) is 41.5 Å². The number of anilines is 2. The zero-order valence-electron chi connectivity index (χ0n) is 19.9. The summed E-state index contributed by atoms with van der Waals surface area (Å²) in [6, 6.07) is 16.0. The van der Waals surface area contributed by atoms with Crippen LogP contribution in [0.5, 0.6) is 0 Å². The Balaban J connectivity index is 1.27. The topological polar surface area (TPSA) is 86.2 Å². The first-order valence-electron chi connectivity index (χ1n) is 11.6. The SMILES string of the molecule is CC(C)(C)c1ccc(/C=N/N=C2\NC(=O)C(CC(=O)Nc3ccc(N4CCCC4)cc3)S2)cc1. The van der Waals surface area contributed by atoms with Gasteiger partial charge in [-0.3, -0.25) is 9.59 Å². The number of carbonyl (C=O) groups excluding carboxylic acids is 2. The van der Waals surface area contributed by atoms with E-state index in [1.54, 1.807) is 6.21 Å². The average Bonchev–Trinajstić information content (AvgIpc) is 3.44. The van der Waals surface area contributed by atoms with Gasteiger partial charge in [-0.1, -0.05) is 56.8 Å². The van der Waals surface area contributed by atoms with Gasteiger partial charge in [-0.2, -0.15) is 5.10 Å². The van der Waals surface area contributed by atoms with Crippen LogP contribution in [0.2, 0.25) is 0 Å². The highest BCUT2D eigenvalue weighted by Crippen LogP contribution is 2.25. The molecular weight excluding hydrogens is 446 g/mol. The Hall–Kier alpha value is -3.13. The number of rotatable bonds is 6. The standard InChI is InChI=1S/C26H31N5O2S/c1-26(2,3)19-8-6-18(7-9-19)17-27-30-25-29-24(33)22(34-25)16-23(32)28-20-10-12-21(13-11-20)31-14-4-5-15-31/h6-13,17,22H,4-5,14-16H2,1-3H3,(H,28,32)(H,29,30,33)/b27-17+. The monoisotopic (exact) mass is 477 g/mol. The zero-order chi connectivity index (χ0) is 24.1. The molecule has 2 fully saturated rings. The maximum atomic E-state index is 12.5. The summed E-state index contributed by atoms with van der Waals surface area (Å²) >= 11 is 1.23. The van der Waals surface area contributed by atoms with Crippen molar-refractivity contribution in [3.05, 3.63) is 59.7 Å². The van der Waals surface area contributed by atoms with Crippen LogP contribution in [0.25, 0.3) is 0 Å². The molecule has 0 radical (unpaired) electrons. The van der Waals surface area contributed by atoms with Crippen molar-refractivity contribution in [2.45, 2.75) is 50.7 Å². The zero-order valence-corrected chi connectivity index (χ0v) is 20.7. The molecule has 4 rings (SSSR count). The van der Waals surface area contributed by atoms with E-state index in [0.717, 1.165) is 24.3 Å². The Bertz CT molecular complexity index is 1080. The van der Waals surface area contributed by atoms with Gasteiger partial charge in [0.2, 0.25) is 11.8 Å². The summed E-state index contributed by atoms with van der Waals surface area (Å²) in [6.07, 6.45) is 4.17. The average molecular weight is 478 g/mol. The first-order valence-corrected chi connectivity index (χ1v) is 12.5. The van der Waals surface area contributed by atoms with Crippen LogP contribution in [0.15, 0.2) is 58.7 Å². The van der Waals surface area contributed by atoms with Crippen LogP contribution in [0, 0.1) is 0 Å². The third-order valence-electron chi connectivity index (χ3n) is 5.90. The predicted molar refractivity (Wildman–Crippen MR) is 141 cm³/mol. The molecule has 1 atom stereocenters. The van der Waals surface area contributed by atoms with Gasteiger partial charge >= 0.3 is 0 Å². The Morgan fingerprint density at radius 3 is 2.44 bits per heavy atom. The van der Waals surface area contributed by atoms with Crippen molar-refractivity contribution in [2.75, 3.05) is 23.3 Å². The highest BCUT2D eigenvalue weighted by molar-refractivity contribution is 8.15. The first-order chi connectivity index (χ1) is 16.3. The molecule has 2 N–H and O–H groups in total. The summed E-state index contributed by atoms with van der Waals surface area (Å²) in [6.45, 7) is 8.67. The molecule has 1 unspecified atom stereocenters. The van der Waals surface area contributed by atoms with Crippen molar-refractivity contribution in [3.8, 4) is 0 Å². The third kappa shape index (κ3) is 6.26. The summed E-state index contributed by atoms with van der Waals surface area (Å²) in [5.74, 6) is -0.432. The van der Waals surface area contributed by atoms with Crippen LogP contribution in [0.3, 0.4) is 0 Å². The highest BCUT2D eigenvalue weighted by atomic mass is 32.2. The number of amides is 2. The molecule has 0 spiro atoms. The minimum Gasteiger partial charge on any atom is -0.372 e. The van der Waals surface area contributed by atoms with Crippen LogP contribution in [0.1, 0.15) is 51.2 Å². The summed E-state index contributed by atoms with van der Waals surface area (Å²) in [5, 5.41) is 13.7. The molecule has 2 aromatic rings. The van der Waals surface area contributed by atoms with Gasteiger partial charge in [0.15, 0.2) is 5.17 Å². The minimum atomic E-state index is -0.524. The van der Waals surface area contributed by atoms with E-state index in [0.29, 0.717) is 5.17 Å². The Morgan fingerprint density at radius 1 is 1.12 bits per heavy atom. The molecule has 34 heavy (non-hydrogen) atoms. The van der Waals surface area contributed by atoms with Crippen molar-refractivity contribution < 1.29 is 9.59 Å². The fraction of sp³-hybridized carbons (Fsp3) is 0.385. The molecule has 2 amide bonds. The van der Waals surface area contributed by atoms with E-state index in [1.165, 1.54) is 35.9 Å². The van der Waals surface area contributed by atoms with E-state index in [1.807, 2.05) is 36.4 Å². The first kappa shape index (κ1) is 24.0. The smallest absolute Gasteiger partial charge is 0.240 e. The highest BCUT2D eigenvalue weighted by Gasteiger charge is 2.32. The number of hydrogen-bond donors (Lipinski definition) is 2. The predicted octanol–water partition coefficient (Wildman–Crippen LogP) is 4.53. The fourth-order valence-electron chi connectivity index (χ4n) is 3.92. The van der Waals surface area contributed by atoms with Gasteiger partial charge in [-0.15, -0.1) is 5.10 Å². The lowest BCUT2D eigenvalue weighted by Crippen LogP contribution is -2.28. The van der Waals surface area contributed by atoms with E-state index in [9.17, 15) is 9.59 Å². The van der Waals surface area contributed by atoms with Crippen molar-refractivity contribution in [2.24, 2.45) is 10.2 Å². The van der Waals surface area contributed by atoms with Crippen molar-refractivity contribution in [3.63, 3.8) is 0 Å². The van der Waals surface area contributed by atoms with Crippen LogP contribution in [0.4, 0.5) is 11.4 Å². The van der Waals surface area contributed by atoms with Crippen LogP contribution in [-0.2, 0) is 15.0 Å². The third-order valence-corrected chi connectivity index (χ3v) is 6.97. The molecule has 2 saturated heterocycles. The maximum Gasteiger partial charge on any atom is 0.240 e. The van der Waals surface area contributed by atoms with Gasteiger partial charge in [-0.25, -0.2) is 0 Å². The summed E-state index contributed by atoms with van der Waals surface area (Å²) in [7, 11) is 0. The second-order valence-corrected chi connectivity index (χ2v) is 10.8. The van der Waals surface area contributed by atoms with E-state index < -0.39 is 5.25 Å².